The van der Waals surface area contributed by atoms with Gasteiger partial charge in [-0.3, -0.25) is 19.6 Å². The number of ether oxygens (including phenoxy) is 1. The third-order valence-electron chi connectivity index (χ3n) is 5.73. The topological polar surface area (TPSA) is 95.4 Å². The van der Waals surface area contributed by atoms with Crippen molar-refractivity contribution in [1.82, 2.24) is 14.8 Å². The van der Waals surface area contributed by atoms with Gasteiger partial charge >= 0.3 is 5.97 Å². The van der Waals surface area contributed by atoms with E-state index in [2.05, 4.69) is 10.1 Å². The van der Waals surface area contributed by atoms with Crippen molar-refractivity contribution in [3.63, 3.8) is 0 Å². The average Bonchev–Trinajstić information content (AvgIpc) is 3.31. The van der Waals surface area contributed by atoms with Crippen molar-refractivity contribution in [3.05, 3.63) is 60.4 Å². The minimum Gasteiger partial charge on any atom is -0.461 e. The van der Waals surface area contributed by atoms with E-state index >= 15 is 0 Å². The van der Waals surface area contributed by atoms with E-state index in [1.807, 2.05) is 48.5 Å². The Morgan fingerprint density at radius 3 is 2.33 bits per heavy atom. The molecule has 1 atom stereocenters. The maximum atomic E-state index is 13.4. The van der Waals surface area contributed by atoms with E-state index < -0.39 is 12.0 Å². The van der Waals surface area contributed by atoms with Crippen LogP contribution < -0.4 is 5.01 Å². The van der Waals surface area contributed by atoms with Crippen molar-refractivity contribution in [3.8, 4) is 0 Å². The molecule has 1 fully saturated rings. The van der Waals surface area contributed by atoms with Crippen molar-refractivity contribution in [2.75, 3.05) is 37.8 Å². The maximum Gasteiger partial charge on any atom is 0.354 e. The number of aromatic nitrogens is 1. The summed E-state index contributed by atoms with van der Waals surface area (Å²) in [6.45, 7) is 3.76. The first-order valence-electron chi connectivity index (χ1n) is 11.1. The van der Waals surface area contributed by atoms with Crippen LogP contribution in [-0.2, 0) is 25.5 Å². The van der Waals surface area contributed by atoms with Crippen molar-refractivity contribution in [2.24, 2.45) is 5.10 Å². The van der Waals surface area contributed by atoms with Crippen LogP contribution in [0.1, 0.15) is 19.0 Å². The molecule has 33 heavy (non-hydrogen) atoms. The number of hydrazone groups is 1. The molecule has 1 aromatic heterocycles. The molecule has 9 nitrogen and oxygen atoms in total. The molecule has 0 radical (unpaired) electrons. The molecule has 0 spiro atoms. The fourth-order valence-electron chi connectivity index (χ4n) is 4.02. The first-order chi connectivity index (χ1) is 16.1. The Hall–Kier alpha value is -3.75. The number of hydrogen-bond acceptors (Lipinski definition) is 7. The zero-order valence-corrected chi connectivity index (χ0v) is 18.6. The summed E-state index contributed by atoms with van der Waals surface area (Å²) in [7, 11) is 0. The number of hydrogen-bond donors (Lipinski definition) is 0. The number of carbonyl (C=O) groups is 3. The highest BCUT2D eigenvalue weighted by atomic mass is 16.5. The summed E-state index contributed by atoms with van der Waals surface area (Å²) in [5.74, 6) is -0.613. The fraction of sp³-hybridized carbons (Fsp3) is 0.375. The molecule has 0 N–H and O–H groups in total. The summed E-state index contributed by atoms with van der Waals surface area (Å²) in [6.07, 6.45) is 2.10. The molecule has 2 amide bonds. The third-order valence-corrected chi connectivity index (χ3v) is 5.73. The molecule has 0 aliphatic carbocycles. The van der Waals surface area contributed by atoms with E-state index in [0.717, 1.165) is 11.4 Å². The Bertz CT molecular complexity index is 1020. The Morgan fingerprint density at radius 1 is 0.970 bits per heavy atom. The van der Waals surface area contributed by atoms with Gasteiger partial charge in [0.05, 0.1) is 18.7 Å². The summed E-state index contributed by atoms with van der Waals surface area (Å²) < 4.78 is 5.10. The van der Waals surface area contributed by atoms with Crippen LogP contribution in [-0.4, -0.2) is 77.1 Å². The lowest BCUT2D eigenvalue weighted by atomic mass is 10.1. The molecule has 1 aromatic carbocycles. The van der Waals surface area contributed by atoms with Gasteiger partial charge in [-0.1, -0.05) is 24.3 Å². The molecule has 2 aliphatic heterocycles. The van der Waals surface area contributed by atoms with Gasteiger partial charge in [-0.2, -0.15) is 5.10 Å². The predicted octanol–water partition coefficient (Wildman–Crippen LogP) is 1.49. The minimum absolute atomic E-state index is 0.000470. The molecule has 0 saturated carbocycles. The van der Waals surface area contributed by atoms with Crippen molar-refractivity contribution in [1.29, 1.82) is 0 Å². The summed E-state index contributed by atoms with van der Waals surface area (Å²) in [4.78, 5) is 46.0. The number of anilines is 1. The van der Waals surface area contributed by atoms with Gasteiger partial charge in [0.15, 0.2) is 0 Å². The molecule has 2 aromatic rings. The second-order valence-corrected chi connectivity index (χ2v) is 7.87. The highest BCUT2D eigenvalue weighted by molar-refractivity contribution is 6.38. The monoisotopic (exact) mass is 449 g/mol. The van der Waals surface area contributed by atoms with Crippen LogP contribution in [0.15, 0.2) is 59.8 Å². The quantitative estimate of drug-likeness (QED) is 0.620. The van der Waals surface area contributed by atoms with E-state index in [9.17, 15) is 14.4 Å². The van der Waals surface area contributed by atoms with Crippen molar-refractivity contribution in [2.45, 2.75) is 25.8 Å². The van der Waals surface area contributed by atoms with Gasteiger partial charge in [-0.25, -0.2) is 4.79 Å². The third kappa shape index (κ3) is 5.19. The molecule has 172 valence electrons. The van der Waals surface area contributed by atoms with Crippen molar-refractivity contribution >= 4 is 29.2 Å². The molecule has 1 saturated heterocycles. The molecular formula is C24H27N5O4. The van der Waals surface area contributed by atoms with Gasteiger partial charge in [-0.15, -0.1) is 0 Å². The molecule has 2 aliphatic rings. The van der Waals surface area contributed by atoms with Crippen LogP contribution in [0.4, 0.5) is 5.69 Å². The van der Waals surface area contributed by atoms with Gasteiger partial charge in [0.1, 0.15) is 11.8 Å². The van der Waals surface area contributed by atoms with Gasteiger partial charge in [0, 0.05) is 44.5 Å². The maximum absolute atomic E-state index is 13.4. The highest BCUT2D eigenvalue weighted by Gasteiger charge is 2.39. The van der Waals surface area contributed by atoms with Crippen LogP contribution in [0, 0.1) is 0 Å². The SMILES string of the molecule is CCOC(=O)C1=NN(c2ccccc2)C(C(=O)N2CCN(C(=O)Cc3ccccn3)CC2)C1. The standard InChI is InChI=1S/C24H27N5O4/c1-2-33-24(32)20-17-21(29(26-20)19-9-4-3-5-10-19)23(31)28-14-12-27(13-15-28)22(30)16-18-8-6-7-11-25-18/h3-11,21H,2,12-17H2,1H3. The van der Waals surface area contributed by atoms with E-state index in [4.69, 9.17) is 4.74 Å². The number of amides is 2. The van der Waals surface area contributed by atoms with Gasteiger partial charge in [-0.05, 0) is 31.2 Å². The lowest BCUT2D eigenvalue weighted by Gasteiger charge is -2.37. The number of pyridine rings is 1. The van der Waals surface area contributed by atoms with E-state index in [0.29, 0.717) is 26.2 Å². The van der Waals surface area contributed by atoms with Crippen LogP contribution in [0.3, 0.4) is 0 Å². The van der Waals surface area contributed by atoms with Crippen LogP contribution in [0.5, 0.6) is 0 Å². The van der Waals surface area contributed by atoms with E-state index in [1.54, 1.807) is 27.9 Å². The van der Waals surface area contributed by atoms with Crippen molar-refractivity contribution < 1.29 is 19.1 Å². The number of carbonyl (C=O) groups excluding carboxylic acids is 3. The Morgan fingerprint density at radius 2 is 1.67 bits per heavy atom. The van der Waals surface area contributed by atoms with Gasteiger partial charge in [0.25, 0.3) is 0 Å². The average molecular weight is 450 g/mol. The molecule has 0 bridgehead atoms. The van der Waals surface area contributed by atoms with E-state index in [-0.39, 0.29) is 37.0 Å². The molecule has 3 heterocycles. The summed E-state index contributed by atoms with van der Waals surface area (Å²) in [5, 5.41) is 6.03. The summed E-state index contributed by atoms with van der Waals surface area (Å²) >= 11 is 0. The minimum atomic E-state index is -0.623. The number of para-hydroxylation sites is 1. The first-order valence-corrected chi connectivity index (χ1v) is 11.1. The second kappa shape index (κ2) is 10.2. The molecule has 4 rings (SSSR count). The van der Waals surface area contributed by atoms with Crippen LogP contribution in [0.2, 0.25) is 0 Å². The number of esters is 1. The number of piperazine rings is 1. The Labute approximate surface area is 192 Å². The lowest BCUT2D eigenvalue weighted by Crippen LogP contribution is -2.55. The normalized spacial score (nSPS) is 18.2. The summed E-state index contributed by atoms with van der Waals surface area (Å²) in [6, 6.07) is 14.2. The fourth-order valence-corrected chi connectivity index (χ4v) is 4.02. The highest BCUT2D eigenvalue weighted by Crippen LogP contribution is 2.26. The molecule has 1 unspecified atom stereocenters. The molecular weight excluding hydrogens is 422 g/mol. The molecule has 9 heteroatoms. The predicted molar refractivity (Wildman–Crippen MR) is 122 cm³/mol. The number of nitrogens with zero attached hydrogens (tertiary/aromatic N) is 5. The Kier molecular flexibility index (Phi) is 6.97. The summed E-state index contributed by atoms with van der Waals surface area (Å²) in [5.41, 5.74) is 1.71. The second-order valence-electron chi connectivity index (χ2n) is 7.87. The smallest absolute Gasteiger partial charge is 0.354 e. The first kappa shape index (κ1) is 22.4. The van der Waals surface area contributed by atoms with Crippen LogP contribution in [0.25, 0.3) is 0 Å². The zero-order valence-electron chi connectivity index (χ0n) is 18.6. The van der Waals surface area contributed by atoms with Gasteiger partial charge < -0.3 is 14.5 Å². The number of benzene rings is 1. The van der Waals surface area contributed by atoms with E-state index in [1.165, 1.54) is 0 Å². The Balaban J connectivity index is 1.40. The van der Waals surface area contributed by atoms with Gasteiger partial charge in [0.2, 0.25) is 11.8 Å². The van der Waals surface area contributed by atoms with Crippen LogP contribution >= 0.6 is 0 Å². The lowest BCUT2D eigenvalue weighted by molar-refractivity contribution is -0.140. The largest absolute Gasteiger partial charge is 0.461 e. The number of rotatable bonds is 6. The zero-order chi connectivity index (χ0) is 23.2.